The third kappa shape index (κ3) is 3.42. The summed E-state index contributed by atoms with van der Waals surface area (Å²) in [6.07, 6.45) is 10.1. The van der Waals surface area contributed by atoms with Crippen molar-refractivity contribution in [1.82, 2.24) is 15.3 Å². The van der Waals surface area contributed by atoms with E-state index in [1.165, 1.54) is 19.3 Å². The Morgan fingerprint density at radius 3 is 2.60 bits per heavy atom. The second kappa shape index (κ2) is 7.89. The third-order valence-electron chi connectivity index (χ3n) is 7.56. The number of amides is 1. The van der Waals surface area contributed by atoms with Crippen molar-refractivity contribution < 1.29 is 9.53 Å². The van der Waals surface area contributed by atoms with Gasteiger partial charge < -0.3 is 15.0 Å². The normalized spacial score (nSPS) is 27.1. The first-order valence-electron chi connectivity index (χ1n) is 11.2. The van der Waals surface area contributed by atoms with Crippen LogP contribution >= 0.6 is 0 Å². The van der Waals surface area contributed by atoms with E-state index in [9.17, 15) is 4.79 Å². The minimum absolute atomic E-state index is 0.182. The minimum atomic E-state index is -0.540. The molecule has 1 aromatic carbocycles. The van der Waals surface area contributed by atoms with Crippen LogP contribution in [0.5, 0.6) is 5.75 Å². The van der Waals surface area contributed by atoms with Gasteiger partial charge in [0.25, 0.3) is 0 Å². The molecule has 0 spiro atoms. The molecule has 6 nitrogen and oxygen atoms in total. The highest BCUT2D eigenvalue weighted by atomic mass is 16.5. The van der Waals surface area contributed by atoms with Crippen LogP contribution in [0, 0.1) is 11.8 Å². The molecule has 2 heterocycles. The highest BCUT2D eigenvalue weighted by Gasteiger charge is 2.47. The molecule has 1 saturated heterocycles. The number of carbonyl (C=O) groups is 1. The van der Waals surface area contributed by atoms with Gasteiger partial charge >= 0.3 is 0 Å². The molecule has 3 unspecified atom stereocenters. The Bertz CT molecular complexity index is 895. The predicted molar refractivity (Wildman–Crippen MR) is 116 cm³/mol. The number of hydrogen-bond donors (Lipinski definition) is 1. The van der Waals surface area contributed by atoms with E-state index in [0.29, 0.717) is 12.0 Å². The Morgan fingerprint density at radius 1 is 1.13 bits per heavy atom. The van der Waals surface area contributed by atoms with Crippen LogP contribution in [-0.2, 0) is 10.2 Å². The van der Waals surface area contributed by atoms with Gasteiger partial charge in [0, 0.05) is 31.5 Å². The first kappa shape index (κ1) is 19.3. The van der Waals surface area contributed by atoms with Gasteiger partial charge in [-0.25, -0.2) is 9.97 Å². The number of benzene rings is 1. The van der Waals surface area contributed by atoms with Crippen molar-refractivity contribution >= 4 is 11.9 Å². The molecule has 3 aliphatic rings. The van der Waals surface area contributed by atoms with Crippen LogP contribution < -0.4 is 15.0 Å². The van der Waals surface area contributed by atoms with E-state index in [1.807, 2.05) is 24.3 Å². The van der Waals surface area contributed by atoms with E-state index in [-0.39, 0.29) is 5.91 Å². The number of carbonyl (C=O) groups excluding carboxylic acids is 1. The SMILES string of the molecule is COc1cccc(C2(C(=O)NC3CC4CCC3C4)CCN(c3ncccn3)CC2)c1. The topological polar surface area (TPSA) is 67.3 Å². The summed E-state index contributed by atoms with van der Waals surface area (Å²) in [6, 6.07) is 10.2. The zero-order valence-corrected chi connectivity index (χ0v) is 17.6. The summed E-state index contributed by atoms with van der Waals surface area (Å²) < 4.78 is 5.47. The Hall–Kier alpha value is -2.63. The fraction of sp³-hybridized carbons (Fsp3) is 0.542. The fourth-order valence-electron chi connectivity index (χ4n) is 5.84. The van der Waals surface area contributed by atoms with E-state index in [4.69, 9.17) is 4.74 Å². The maximum atomic E-state index is 13.8. The molecular formula is C24H30N4O2. The molecule has 2 saturated carbocycles. The molecule has 5 rings (SSSR count). The molecule has 1 aromatic heterocycles. The molecule has 6 heteroatoms. The average Bonchev–Trinajstić information content (AvgIpc) is 3.43. The number of rotatable bonds is 5. The van der Waals surface area contributed by atoms with Gasteiger partial charge in [0.15, 0.2) is 0 Å². The van der Waals surface area contributed by atoms with Crippen LogP contribution in [0.3, 0.4) is 0 Å². The lowest BCUT2D eigenvalue weighted by atomic mass is 9.71. The molecule has 1 aliphatic heterocycles. The third-order valence-corrected chi connectivity index (χ3v) is 7.56. The zero-order valence-electron chi connectivity index (χ0n) is 17.6. The van der Waals surface area contributed by atoms with Crippen LogP contribution in [0.1, 0.15) is 44.1 Å². The van der Waals surface area contributed by atoms with Crippen molar-refractivity contribution in [2.45, 2.75) is 50.0 Å². The first-order chi connectivity index (χ1) is 14.7. The number of hydrogen-bond acceptors (Lipinski definition) is 5. The lowest BCUT2D eigenvalue weighted by molar-refractivity contribution is -0.128. The van der Waals surface area contributed by atoms with Gasteiger partial charge in [0.2, 0.25) is 11.9 Å². The molecule has 1 amide bonds. The van der Waals surface area contributed by atoms with Crippen LogP contribution in [0.2, 0.25) is 0 Å². The van der Waals surface area contributed by atoms with Crippen LogP contribution in [-0.4, -0.2) is 42.1 Å². The second-order valence-electron chi connectivity index (χ2n) is 9.10. The zero-order chi connectivity index (χ0) is 20.6. The lowest BCUT2D eigenvalue weighted by Crippen LogP contribution is -2.54. The van der Waals surface area contributed by atoms with Gasteiger partial charge in [-0.05, 0) is 67.7 Å². The highest BCUT2D eigenvalue weighted by Crippen LogP contribution is 2.45. The summed E-state index contributed by atoms with van der Waals surface area (Å²) in [5, 5.41) is 3.48. The summed E-state index contributed by atoms with van der Waals surface area (Å²) in [4.78, 5) is 24.8. The van der Waals surface area contributed by atoms with Crippen LogP contribution in [0.15, 0.2) is 42.7 Å². The number of piperidine rings is 1. The van der Waals surface area contributed by atoms with Gasteiger partial charge in [0.1, 0.15) is 5.75 Å². The van der Waals surface area contributed by atoms with Crippen LogP contribution in [0.4, 0.5) is 5.95 Å². The number of fused-ring (bicyclic) bond motifs is 2. The number of anilines is 1. The molecule has 0 radical (unpaired) electrons. The molecule has 2 aromatic rings. The van der Waals surface area contributed by atoms with Crippen molar-refractivity contribution in [3.63, 3.8) is 0 Å². The molecule has 1 N–H and O–H groups in total. The van der Waals surface area contributed by atoms with Gasteiger partial charge in [-0.15, -0.1) is 0 Å². The molecule has 2 aliphatic carbocycles. The van der Waals surface area contributed by atoms with E-state index < -0.39 is 5.41 Å². The van der Waals surface area contributed by atoms with Crippen LogP contribution in [0.25, 0.3) is 0 Å². The smallest absolute Gasteiger partial charge is 0.231 e. The standard InChI is InChI=1S/C24H30N4O2/c1-30-20-5-2-4-19(16-20)24(22(29)27-21-15-17-6-7-18(21)14-17)8-12-28(13-9-24)23-25-10-3-11-26-23/h2-5,10-11,16-18,21H,6-9,12-15H2,1H3,(H,27,29). The van der Waals surface area contributed by atoms with Crippen molar-refractivity contribution in [1.29, 1.82) is 0 Å². The summed E-state index contributed by atoms with van der Waals surface area (Å²) in [5.74, 6) is 3.20. The first-order valence-corrected chi connectivity index (χ1v) is 11.2. The summed E-state index contributed by atoms with van der Waals surface area (Å²) in [7, 11) is 1.68. The Morgan fingerprint density at radius 2 is 1.93 bits per heavy atom. The van der Waals surface area contributed by atoms with E-state index in [2.05, 4.69) is 26.3 Å². The molecule has 3 fully saturated rings. The van der Waals surface area contributed by atoms with Gasteiger partial charge in [-0.2, -0.15) is 0 Å². The quantitative estimate of drug-likeness (QED) is 0.825. The molecule has 3 atom stereocenters. The molecule has 2 bridgehead atoms. The fourth-order valence-corrected chi connectivity index (χ4v) is 5.84. The highest BCUT2D eigenvalue weighted by molar-refractivity contribution is 5.89. The Labute approximate surface area is 178 Å². The second-order valence-corrected chi connectivity index (χ2v) is 9.10. The number of nitrogens with one attached hydrogen (secondary N) is 1. The van der Waals surface area contributed by atoms with E-state index >= 15 is 0 Å². The predicted octanol–water partition coefficient (Wildman–Crippen LogP) is 3.33. The van der Waals surface area contributed by atoms with E-state index in [1.54, 1.807) is 19.5 Å². The van der Waals surface area contributed by atoms with Gasteiger partial charge in [0.05, 0.1) is 12.5 Å². The largest absolute Gasteiger partial charge is 0.497 e. The van der Waals surface area contributed by atoms with Gasteiger partial charge in [-0.3, -0.25) is 4.79 Å². The minimum Gasteiger partial charge on any atom is -0.497 e. The maximum absolute atomic E-state index is 13.8. The number of ether oxygens (including phenoxy) is 1. The number of nitrogens with zero attached hydrogens (tertiary/aromatic N) is 3. The van der Waals surface area contributed by atoms with Crippen molar-refractivity contribution in [3.05, 3.63) is 48.3 Å². The molecule has 158 valence electrons. The van der Waals surface area contributed by atoms with Gasteiger partial charge in [-0.1, -0.05) is 18.6 Å². The van der Waals surface area contributed by atoms with Crippen molar-refractivity contribution in [3.8, 4) is 5.75 Å². The summed E-state index contributed by atoms with van der Waals surface area (Å²) in [5.41, 5.74) is 0.512. The number of methoxy groups -OCH3 is 1. The maximum Gasteiger partial charge on any atom is 0.231 e. The lowest BCUT2D eigenvalue weighted by Gasteiger charge is -2.42. The Balaban J connectivity index is 1.40. The summed E-state index contributed by atoms with van der Waals surface area (Å²) in [6.45, 7) is 1.51. The summed E-state index contributed by atoms with van der Waals surface area (Å²) >= 11 is 0. The molecular weight excluding hydrogens is 376 g/mol. The molecule has 30 heavy (non-hydrogen) atoms. The average molecular weight is 407 g/mol. The number of aromatic nitrogens is 2. The monoisotopic (exact) mass is 406 g/mol. The Kier molecular flexibility index (Phi) is 5.09. The van der Waals surface area contributed by atoms with E-state index in [0.717, 1.165) is 55.5 Å². The van der Waals surface area contributed by atoms with Crippen molar-refractivity contribution in [2.75, 3.05) is 25.1 Å². The van der Waals surface area contributed by atoms with Crippen molar-refractivity contribution in [2.24, 2.45) is 11.8 Å².